The van der Waals surface area contributed by atoms with Crippen molar-refractivity contribution in [3.63, 3.8) is 0 Å². The van der Waals surface area contributed by atoms with Gasteiger partial charge in [-0.1, -0.05) is 28.5 Å². The fraction of sp³-hybridized carbons (Fsp3) is 0. The molecular weight excluding hydrogens is 952 g/mol. The van der Waals surface area contributed by atoms with Gasteiger partial charge in [0.1, 0.15) is 0 Å². The van der Waals surface area contributed by atoms with Gasteiger partial charge in [-0.3, -0.25) is 0 Å². The van der Waals surface area contributed by atoms with Gasteiger partial charge >= 0.3 is 0 Å². The normalized spacial score (nSPS) is 9.19. The minimum atomic E-state index is -3.26. The molecule has 368 valence electrons. The van der Waals surface area contributed by atoms with E-state index in [-0.39, 0.29) is 49.2 Å². The molecule has 0 atom stereocenters. The zero-order chi connectivity index (χ0) is 44.2. The number of hydrogen-bond donors (Lipinski definition) is 8. The van der Waals surface area contributed by atoms with Crippen molar-refractivity contribution < 1.29 is 128 Å². The molecule has 0 heterocycles. The second kappa shape index (κ2) is 30.3. The van der Waals surface area contributed by atoms with Gasteiger partial charge in [0.25, 0.3) is 0 Å². The molecule has 0 bridgehead atoms. The number of halogens is 20. The molecule has 0 unspecified atom stereocenters. The molecule has 0 aromatic heterocycles. The molecule has 0 radical (unpaired) electrons. The van der Waals surface area contributed by atoms with Crippen LogP contribution in [0.1, 0.15) is 0 Å². The van der Waals surface area contributed by atoms with Crippen LogP contribution < -0.4 is 111 Å². The van der Waals surface area contributed by atoms with Crippen LogP contribution in [0, 0.1) is 116 Å². The van der Waals surface area contributed by atoms with Crippen molar-refractivity contribution in [2.45, 2.75) is 0 Å². The molecule has 0 amide bonds. The third kappa shape index (κ3) is 15.7. The first kappa shape index (κ1) is 76.4. The van der Waals surface area contributed by atoms with E-state index in [1.165, 1.54) is 0 Å². The molecule has 4 rings (SSSR count). The van der Waals surface area contributed by atoms with Crippen molar-refractivity contribution in [1.82, 2.24) is 49.2 Å². The summed E-state index contributed by atoms with van der Waals surface area (Å²) in [6.07, 6.45) is 0. The van der Waals surface area contributed by atoms with Gasteiger partial charge in [-0.15, -0.1) is 0 Å². The van der Waals surface area contributed by atoms with Crippen molar-refractivity contribution in [1.29, 1.82) is 0 Å². The maximum Gasteiger partial charge on any atom is 0.200 e. The third-order valence-corrected chi connectivity index (χ3v) is 5.92. The van der Waals surface area contributed by atoms with Crippen LogP contribution in [-0.2, 0) is 0 Å². The van der Waals surface area contributed by atoms with Crippen molar-refractivity contribution in [3.8, 4) is 0 Å². The molecule has 0 saturated carbocycles. The summed E-state index contributed by atoms with van der Waals surface area (Å²) in [5, 5.41) is 80.8. The van der Waals surface area contributed by atoms with Gasteiger partial charge in [0.05, 0.1) is 0 Å². The lowest BCUT2D eigenvalue weighted by Gasteiger charge is -2.27. The molecule has 40 heteroatoms. The molecule has 0 aliphatic heterocycles. The highest BCUT2D eigenvalue weighted by atomic mass is 19.2. The zero-order valence-electron chi connectivity index (χ0n) is 33.1. The van der Waals surface area contributed by atoms with E-state index >= 15 is 0 Å². The molecule has 0 saturated heterocycles. The summed E-state index contributed by atoms with van der Waals surface area (Å²) >= 11 is 0. The van der Waals surface area contributed by atoms with Crippen molar-refractivity contribution in [2.24, 2.45) is 0 Å². The Morgan fingerprint density at radius 1 is 0.156 bits per heavy atom. The lowest BCUT2D eigenvalue weighted by Crippen LogP contribution is -2.58. The van der Waals surface area contributed by atoms with Crippen molar-refractivity contribution in [3.05, 3.63) is 116 Å². The van der Waals surface area contributed by atoms with Gasteiger partial charge < -0.3 is 89.4 Å². The minimum Gasteiger partial charge on any atom is -0.889 e. The summed E-state index contributed by atoms with van der Waals surface area (Å²) < 4.78 is 248. The summed E-state index contributed by atoms with van der Waals surface area (Å²) in [6.45, 7) is 0. The van der Waals surface area contributed by atoms with Crippen LogP contribution in [-0.4, -0.2) is 28.5 Å². The molecule has 4 aromatic carbocycles. The SMILES string of the molecule is [NH4+].[NH4+].[NH4+].[NH4+].[NH4+].[NH4+].[NH4+].[NH4+].[O-]B([O-])c1c(F)c(F)c(F)c(F)c1F.[O-]B([O-])c1c(F)c(F)c(F)c(F)c1F.[O-]B([O-])c1c(F)c(F)c(F)c(F)c1F.[O-]B([O-])c1c(F)c(F)c(F)c(F)c1F. The van der Waals surface area contributed by atoms with Crippen LogP contribution in [0.3, 0.4) is 0 Å². The van der Waals surface area contributed by atoms with E-state index in [0.717, 1.165) is 0 Å². The van der Waals surface area contributed by atoms with Gasteiger partial charge in [0, 0.05) is 0 Å². The summed E-state index contributed by atoms with van der Waals surface area (Å²) in [4.78, 5) is 0. The van der Waals surface area contributed by atoms with Gasteiger partial charge in [-0.2, -0.15) is 0 Å². The second-order valence-corrected chi connectivity index (χ2v) is 9.26. The molecular formula is C24H32B4F20N8O8. The van der Waals surface area contributed by atoms with E-state index in [9.17, 15) is 128 Å². The van der Waals surface area contributed by atoms with E-state index in [4.69, 9.17) is 0 Å². The number of hydrogen-bond acceptors (Lipinski definition) is 8. The van der Waals surface area contributed by atoms with Gasteiger partial charge in [-0.25, -0.2) is 87.8 Å². The first-order valence-corrected chi connectivity index (χ1v) is 12.8. The van der Waals surface area contributed by atoms with Crippen molar-refractivity contribution >= 4 is 50.3 Å². The van der Waals surface area contributed by atoms with Crippen molar-refractivity contribution in [2.75, 3.05) is 0 Å². The van der Waals surface area contributed by atoms with Gasteiger partial charge in [0.15, 0.2) is 116 Å². The Bertz CT molecular complexity index is 1740. The average molecular weight is 984 g/mol. The molecule has 0 fully saturated rings. The fourth-order valence-electron chi connectivity index (χ4n) is 3.32. The Kier molecular flexibility index (Phi) is 36.1. The van der Waals surface area contributed by atoms with Gasteiger partial charge in [-0.05, 0) is 21.9 Å². The number of benzene rings is 4. The Balaban J connectivity index is -0.000000105. The summed E-state index contributed by atoms with van der Waals surface area (Å²) in [6, 6.07) is 0. The molecule has 4 aromatic rings. The third-order valence-electron chi connectivity index (χ3n) is 5.92. The van der Waals surface area contributed by atoms with E-state index in [1.807, 2.05) is 0 Å². The molecule has 64 heavy (non-hydrogen) atoms. The van der Waals surface area contributed by atoms with Crippen LogP contribution in [0.25, 0.3) is 0 Å². The highest BCUT2D eigenvalue weighted by Gasteiger charge is 2.26. The topological polar surface area (TPSA) is 476 Å². The molecule has 16 nitrogen and oxygen atoms in total. The fourth-order valence-corrected chi connectivity index (χ4v) is 3.32. The Hall–Kier alpha value is -4.90. The lowest BCUT2D eigenvalue weighted by molar-refractivity contribution is -0.343. The molecule has 0 aliphatic carbocycles. The first-order chi connectivity index (χ1) is 25.5. The average Bonchev–Trinajstić information content (AvgIpc) is 3.11. The number of rotatable bonds is 4. The summed E-state index contributed by atoms with van der Waals surface area (Å²) in [5.41, 5.74) is -7.55. The van der Waals surface area contributed by atoms with E-state index < -0.39 is 167 Å². The van der Waals surface area contributed by atoms with E-state index in [0.29, 0.717) is 0 Å². The second-order valence-electron chi connectivity index (χ2n) is 9.26. The monoisotopic (exact) mass is 984 g/mol. The maximum absolute atomic E-state index is 12.5. The lowest BCUT2D eigenvalue weighted by atomic mass is 9.79. The minimum absolute atomic E-state index is 0. The summed E-state index contributed by atoms with van der Waals surface area (Å²) in [7, 11) is -13.1. The van der Waals surface area contributed by atoms with Crippen LogP contribution in [0.2, 0.25) is 0 Å². The largest absolute Gasteiger partial charge is 0.889 e. The molecule has 0 aliphatic rings. The van der Waals surface area contributed by atoms with Gasteiger partial charge in [0.2, 0.25) is 0 Å². The molecule has 0 spiro atoms. The standard InChI is InChI=1S/4C6BF5O2.8H3N/c4*8-2-1(7(13)14)3(9)5(11)6(12)4(2)10;;;;;;;;/h;;;;8*1H3/q4*-2;;;;;;;;/p+8. The van der Waals surface area contributed by atoms with Crippen LogP contribution in [0.4, 0.5) is 87.8 Å². The van der Waals surface area contributed by atoms with Crippen LogP contribution in [0.5, 0.6) is 0 Å². The predicted octanol–water partition coefficient (Wildman–Crippen LogP) is -1.80. The Morgan fingerprint density at radius 3 is 0.281 bits per heavy atom. The van der Waals surface area contributed by atoms with Crippen LogP contribution >= 0.6 is 0 Å². The van der Waals surface area contributed by atoms with E-state index in [2.05, 4.69) is 0 Å². The highest BCUT2D eigenvalue weighted by molar-refractivity contribution is 6.56. The molecule has 32 N–H and O–H groups in total. The van der Waals surface area contributed by atoms with E-state index in [1.54, 1.807) is 0 Å². The summed E-state index contributed by atoms with van der Waals surface area (Å²) in [5.74, 6) is -47.0. The predicted molar refractivity (Wildman–Crippen MR) is 174 cm³/mol. The number of quaternary nitrogens is 8. The Labute approximate surface area is 344 Å². The van der Waals surface area contributed by atoms with Crippen LogP contribution in [0.15, 0.2) is 0 Å². The quantitative estimate of drug-likeness (QED) is 0.0498. The highest BCUT2D eigenvalue weighted by Crippen LogP contribution is 2.18. The smallest absolute Gasteiger partial charge is 0.200 e. The zero-order valence-corrected chi connectivity index (χ0v) is 33.1. The first-order valence-electron chi connectivity index (χ1n) is 12.8. The maximum atomic E-state index is 12.5. The Morgan fingerprint density at radius 2 is 0.219 bits per heavy atom.